The number of hydrogen-bond acceptors (Lipinski definition) is 3. The lowest BCUT2D eigenvalue weighted by atomic mass is 9.58. The molecule has 0 radical (unpaired) electrons. The fourth-order valence-corrected chi connectivity index (χ4v) is 2.26. The lowest BCUT2D eigenvalue weighted by Crippen LogP contribution is -2.50. The number of ketones is 1. The molecule has 1 fully saturated rings. The highest BCUT2D eigenvalue weighted by atomic mass is 16.5. The van der Waals surface area contributed by atoms with Crippen LogP contribution in [-0.2, 0) is 14.3 Å². The average molecular weight is 198 g/mol. The van der Waals surface area contributed by atoms with Crippen LogP contribution in [-0.4, -0.2) is 18.9 Å². The van der Waals surface area contributed by atoms with Crippen molar-refractivity contribution >= 4 is 11.8 Å². The summed E-state index contributed by atoms with van der Waals surface area (Å²) in [6, 6.07) is 0. The van der Waals surface area contributed by atoms with Gasteiger partial charge in [0.1, 0.15) is 11.2 Å². The molecule has 3 heteroatoms. The average Bonchev–Trinajstić information content (AvgIpc) is 2.15. The number of ether oxygens (including phenoxy) is 1. The van der Waals surface area contributed by atoms with E-state index in [9.17, 15) is 9.59 Å². The van der Waals surface area contributed by atoms with Crippen LogP contribution in [0.4, 0.5) is 0 Å². The molecule has 0 bridgehead atoms. The molecular formula is C11H18O3. The van der Waals surface area contributed by atoms with E-state index in [0.717, 1.165) is 6.42 Å². The summed E-state index contributed by atoms with van der Waals surface area (Å²) in [5.74, 6) is 0.215. The van der Waals surface area contributed by atoms with E-state index in [-0.39, 0.29) is 11.8 Å². The molecule has 0 heterocycles. The zero-order valence-electron chi connectivity index (χ0n) is 9.13. The first-order chi connectivity index (χ1) is 6.60. The van der Waals surface area contributed by atoms with Gasteiger partial charge in [0.15, 0.2) is 0 Å². The molecule has 0 aromatic heterocycles. The Morgan fingerprint density at radius 3 is 2.29 bits per heavy atom. The van der Waals surface area contributed by atoms with Crippen LogP contribution in [0.2, 0.25) is 0 Å². The first kappa shape index (κ1) is 11.2. The third-order valence-corrected chi connectivity index (χ3v) is 3.28. The quantitative estimate of drug-likeness (QED) is 0.512. The molecule has 14 heavy (non-hydrogen) atoms. The van der Waals surface area contributed by atoms with Gasteiger partial charge in [0.05, 0.1) is 7.11 Å². The highest BCUT2D eigenvalue weighted by Crippen LogP contribution is 2.49. The monoisotopic (exact) mass is 198 g/mol. The van der Waals surface area contributed by atoms with Gasteiger partial charge in [-0.2, -0.15) is 0 Å². The Bertz CT molecular complexity index is 221. The van der Waals surface area contributed by atoms with E-state index in [1.54, 1.807) is 6.92 Å². The van der Waals surface area contributed by atoms with Crippen molar-refractivity contribution in [3.8, 4) is 0 Å². The van der Waals surface area contributed by atoms with E-state index in [2.05, 4.69) is 6.92 Å². The molecule has 0 N–H and O–H groups in total. The molecule has 1 rings (SSSR count). The maximum absolute atomic E-state index is 11.7. The predicted octanol–water partition coefficient (Wildman–Crippen LogP) is 1.94. The highest BCUT2D eigenvalue weighted by Gasteiger charge is 2.54. The summed E-state index contributed by atoms with van der Waals surface area (Å²) in [4.78, 5) is 23.2. The molecule has 0 aromatic carbocycles. The fourth-order valence-electron chi connectivity index (χ4n) is 2.26. The van der Waals surface area contributed by atoms with Crippen LogP contribution in [0.25, 0.3) is 0 Å². The van der Waals surface area contributed by atoms with Gasteiger partial charge in [-0.3, -0.25) is 9.59 Å². The largest absolute Gasteiger partial charge is 0.468 e. The Hall–Kier alpha value is -0.860. The second-order valence-corrected chi connectivity index (χ2v) is 4.03. The second-order valence-electron chi connectivity index (χ2n) is 4.03. The van der Waals surface area contributed by atoms with Crippen LogP contribution < -0.4 is 0 Å². The van der Waals surface area contributed by atoms with Crippen molar-refractivity contribution in [2.75, 3.05) is 7.11 Å². The summed E-state index contributed by atoms with van der Waals surface area (Å²) in [6.45, 7) is 3.88. The summed E-state index contributed by atoms with van der Waals surface area (Å²) in [6.07, 6.45) is 2.83. The number of carbonyl (C=O) groups excluding carboxylic acids is 2. The van der Waals surface area contributed by atoms with Gasteiger partial charge in [0.25, 0.3) is 0 Å². The molecule has 0 atom stereocenters. The number of hydrogen-bond donors (Lipinski definition) is 0. The summed E-state index contributed by atoms with van der Waals surface area (Å²) in [5, 5.41) is 0. The summed E-state index contributed by atoms with van der Waals surface area (Å²) >= 11 is 0. The fraction of sp³-hybridized carbons (Fsp3) is 0.818. The minimum Gasteiger partial charge on any atom is -0.468 e. The number of esters is 1. The number of Topliss-reactive ketones (excluding diaryl/α,β-unsaturated/α-hetero) is 1. The van der Waals surface area contributed by atoms with E-state index in [0.29, 0.717) is 25.2 Å². The van der Waals surface area contributed by atoms with Gasteiger partial charge in [-0.15, -0.1) is 0 Å². The minimum absolute atomic E-state index is 0.0362. The first-order valence-corrected chi connectivity index (χ1v) is 5.22. The number of rotatable bonds is 4. The van der Waals surface area contributed by atoms with Gasteiger partial charge in [-0.1, -0.05) is 20.3 Å². The van der Waals surface area contributed by atoms with Crippen molar-refractivity contribution < 1.29 is 14.3 Å². The molecular weight excluding hydrogens is 180 g/mol. The van der Waals surface area contributed by atoms with E-state index >= 15 is 0 Å². The maximum atomic E-state index is 11.7. The molecule has 1 aliphatic carbocycles. The standard InChI is InChI=1S/C11H18O3/c1-4-8-6-11(7-8,9(12)5-2)10(13)14-3/h8H,4-7H2,1-3H3. The zero-order chi connectivity index (χ0) is 10.8. The Morgan fingerprint density at radius 1 is 1.36 bits per heavy atom. The lowest BCUT2D eigenvalue weighted by Gasteiger charge is -2.43. The van der Waals surface area contributed by atoms with Crippen LogP contribution in [0.3, 0.4) is 0 Å². The second kappa shape index (κ2) is 4.11. The van der Waals surface area contributed by atoms with Gasteiger partial charge in [-0.05, 0) is 18.8 Å². The SMILES string of the molecule is CCC(=O)C1(C(=O)OC)CC(CC)C1. The van der Waals surface area contributed by atoms with E-state index < -0.39 is 5.41 Å². The third kappa shape index (κ3) is 1.56. The Kier molecular flexibility index (Phi) is 3.29. The van der Waals surface area contributed by atoms with Gasteiger partial charge in [0, 0.05) is 6.42 Å². The smallest absolute Gasteiger partial charge is 0.319 e. The topological polar surface area (TPSA) is 43.4 Å². The van der Waals surface area contributed by atoms with Gasteiger partial charge < -0.3 is 4.74 Å². The molecule has 0 unspecified atom stereocenters. The molecule has 0 saturated heterocycles. The Labute approximate surface area is 84.8 Å². The molecule has 1 aliphatic rings. The number of carbonyl (C=O) groups is 2. The van der Waals surface area contributed by atoms with E-state index in [1.807, 2.05) is 0 Å². The van der Waals surface area contributed by atoms with E-state index in [4.69, 9.17) is 4.74 Å². The maximum Gasteiger partial charge on any atom is 0.319 e. The Morgan fingerprint density at radius 2 is 1.93 bits per heavy atom. The van der Waals surface area contributed by atoms with Gasteiger partial charge in [-0.25, -0.2) is 0 Å². The summed E-state index contributed by atoms with van der Waals surface area (Å²) in [5.41, 5.74) is -0.788. The normalized spacial score (nSPS) is 30.6. The number of methoxy groups -OCH3 is 1. The molecule has 0 spiro atoms. The van der Waals surface area contributed by atoms with E-state index in [1.165, 1.54) is 7.11 Å². The predicted molar refractivity (Wildman–Crippen MR) is 52.8 cm³/mol. The van der Waals surface area contributed by atoms with Crippen molar-refractivity contribution in [2.45, 2.75) is 39.5 Å². The van der Waals surface area contributed by atoms with Crippen LogP contribution >= 0.6 is 0 Å². The van der Waals surface area contributed by atoms with Crippen LogP contribution in [0.5, 0.6) is 0 Å². The van der Waals surface area contributed by atoms with Gasteiger partial charge >= 0.3 is 5.97 Å². The lowest BCUT2D eigenvalue weighted by molar-refractivity contribution is -0.168. The molecule has 1 saturated carbocycles. The van der Waals surface area contributed by atoms with Gasteiger partial charge in [0.2, 0.25) is 0 Å². The van der Waals surface area contributed by atoms with Crippen molar-refractivity contribution in [2.24, 2.45) is 11.3 Å². The molecule has 80 valence electrons. The van der Waals surface area contributed by atoms with Crippen LogP contribution in [0.1, 0.15) is 39.5 Å². The molecule has 0 amide bonds. The highest BCUT2D eigenvalue weighted by molar-refractivity contribution is 6.04. The van der Waals surface area contributed by atoms with Crippen LogP contribution in [0.15, 0.2) is 0 Å². The third-order valence-electron chi connectivity index (χ3n) is 3.28. The van der Waals surface area contributed by atoms with Crippen molar-refractivity contribution in [1.29, 1.82) is 0 Å². The molecule has 0 aromatic rings. The van der Waals surface area contributed by atoms with Crippen molar-refractivity contribution in [3.63, 3.8) is 0 Å². The molecule has 0 aliphatic heterocycles. The first-order valence-electron chi connectivity index (χ1n) is 5.22. The van der Waals surface area contributed by atoms with Crippen molar-refractivity contribution in [3.05, 3.63) is 0 Å². The summed E-state index contributed by atoms with van der Waals surface area (Å²) in [7, 11) is 1.35. The Balaban J connectivity index is 2.74. The van der Waals surface area contributed by atoms with Crippen LogP contribution in [0, 0.1) is 11.3 Å². The zero-order valence-corrected chi connectivity index (χ0v) is 9.13. The minimum atomic E-state index is -0.788. The van der Waals surface area contributed by atoms with Crippen molar-refractivity contribution in [1.82, 2.24) is 0 Å². The summed E-state index contributed by atoms with van der Waals surface area (Å²) < 4.78 is 4.71. The molecule has 3 nitrogen and oxygen atoms in total.